The molecule has 3 nitrogen and oxygen atoms in total. The highest BCUT2D eigenvalue weighted by atomic mass is 32.2. The molecule has 1 rings (SSSR count). The highest BCUT2D eigenvalue weighted by Gasteiger charge is 2.20. The Morgan fingerprint density at radius 1 is 1.18 bits per heavy atom. The van der Waals surface area contributed by atoms with Crippen LogP contribution in [0.15, 0.2) is 0 Å². The lowest BCUT2D eigenvalue weighted by Crippen LogP contribution is -2.22. The summed E-state index contributed by atoms with van der Waals surface area (Å²) in [7, 11) is 1.90. The number of rotatable bonds is 0. The van der Waals surface area contributed by atoms with Crippen LogP contribution >= 0.6 is 0 Å². The highest BCUT2D eigenvalue weighted by Crippen LogP contribution is 2.30. The van der Waals surface area contributed by atoms with Crippen LogP contribution in [-0.2, 0) is 11.1 Å². The Morgan fingerprint density at radius 2 is 1.76 bits per heavy atom. The molecule has 1 heterocycles. The molecule has 1 aliphatic heterocycles. The molecule has 1 unspecified atom stereocenters. The van der Waals surface area contributed by atoms with E-state index in [4.69, 9.17) is 0 Å². The van der Waals surface area contributed by atoms with Gasteiger partial charge in [-0.15, -0.1) is 0 Å². The van der Waals surface area contributed by atoms with E-state index in [0.29, 0.717) is 16.9 Å². The average Bonchev–Trinajstić information content (AvgIpc) is 2.25. The van der Waals surface area contributed by atoms with Crippen LogP contribution in [0.4, 0.5) is 0 Å². The van der Waals surface area contributed by atoms with Crippen LogP contribution in [0.2, 0.25) is 0 Å². The van der Waals surface area contributed by atoms with Crippen molar-refractivity contribution in [2.45, 2.75) is 58.8 Å². The summed E-state index contributed by atoms with van der Waals surface area (Å²) in [6.45, 7) is 5.51. The molecule has 0 aromatic carbocycles. The lowest BCUT2D eigenvalue weighted by atomic mass is 9.82. The summed E-state index contributed by atoms with van der Waals surface area (Å²) in [5.41, 5.74) is 0.416. The summed E-state index contributed by atoms with van der Waals surface area (Å²) >= 11 is -2.05. The number of nitrogens with zero attached hydrogens (tertiary/aromatic N) is 1. The Balaban J connectivity index is 2.69. The fourth-order valence-corrected chi connectivity index (χ4v) is 3.14. The standard InChI is InChI=1S/C13H25NO2S/c1-13(2)9-5-4-8-12(17(15)16)14(3)11-7-6-10-13/h4-11H2,1-3H3. The molecule has 17 heavy (non-hydrogen) atoms. The zero-order valence-corrected chi connectivity index (χ0v) is 12.1. The lowest BCUT2D eigenvalue weighted by Gasteiger charge is -2.23. The SMILES string of the molecule is C[N+]1=C(S(=O)[O-])CCCCC(C)(C)CCCC1. The second kappa shape index (κ2) is 6.64. The molecular formula is C13H25NO2S. The minimum absolute atomic E-state index is 0.416. The van der Waals surface area contributed by atoms with E-state index in [2.05, 4.69) is 13.8 Å². The molecule has 0 aromatic rings. The zero-order chi connectivity index (χ0) is 12.9. The summed E-state index contributed by atoms with van der Waals surface area (Å²) in [5.74, 6) is 0. The topological polar surface area (TPSA) is 43.1 Å². The van der Waals surface area contributed by atoms with E-state index in [1.807, 2.05) is 11.6 Å². The maximum Gasteiger partial charge on any atom is 0.227 e. The zero-order valence-electron chi connectivity index (χ0n) is 11.3. The largest absolute Gasteiger partial charge is 0.764 e. The summed E-state index contributed by atoms with van der Waals surface area (Å²) in [6.07, 6.45) is 7.53. The van der Waals surface area contributed by atoms with E-state index in [0.717, 1.165) is 25.8 Å². The summed E-state index contributed by atoms with van der Waals surface area (Å²) in [6, 6.07) is 0. The van der Waals surface area contributed by atoms with E-state index >= 15 is 0 Å². The van der Waals surface area contributed by atoms with Gasteiger partial charge in [0.2, 0.25) is 5.04 Å². The van der Waals surface area contributed by atoms with Gasteiger partial charge in [0.05, 0.1) is 0 Å². The fourth-order valence-electron chi connectivity index (χ4n) is 2.48. The van der Waals surface area contributed by atoms with Gasteiger partial charge in [-0.3, -0.25) is 4.21 Å². The van der Waals surface area contributed by atoms with Crippen LogP contribution < -0.4 is 0 Å². The molecule has 0 spiro atoms. The van der Waals surface area contributed by atoms with Crippen LogP contribution in [0.3, 0.4) is 0 Å². The minimum Gasteiger partial charge on any atom is -0.764 e. The fraction of sp³-hybridized carbons (Fsp3) is 0.923. The quantitative estimate of drug-likeness (QED) is 0.496. The predicted octanol–water partition coefficient (Wildman–Crippen LogP) is 2.68. The molecule has 0 aliphatic carbocycles. The van der Waals surface area contributed by atoms with Crippen molar-refractivity contribution in [2.75, 3.05) is 13.6 Å². The van der Waals surface area contributed by atoms with Gasteiger partial charge in [0.15, 0.2) is 0 Å². The normalized spacial score (nSPS) is 25.2. The van der Waals surface area contributed by atoms with E-state index in [-0.39, 0.29) is 0 Å². The molecule has 0 amide bonds. The van der Waals surface area contributed by atoms with Gasteiger partial charge in [-0.05, 0) is 31.1 Å². The maximum atomic E-state index is 11.2. The van der Waals surface area contributed by atoms with Gasteiger partial charge in [0, 0.05) is 23.9 Å². The van der Waals surface area contributed by atoms with Crippen LogP contribution in [0, 0.1) is 5.41 Å². The molecule has 0 N–H and O–H groups in total. The smallest absolute Gasteiger partial charge is 0.227 e. The predicted molar refractivity (Wildman–Crippen MR) is 71.1 cm³/mol. The third-order valence-electron chi connectivity index (χ3n) is 3.71. The van der Waals surface area contributed by atoms with Gasteiger partial charge in [-0.25, -0.2) is 4.58 Å². The van der Waals surface area contributed by atoms with Gasteiger partial charge >= 0.3 is 0 Å². The molecular weight excluding hydrogens is 234 g/mol. The van der Waals surface area contributed by atoms with Crippen LogP contribution in [0.1, 0.15) is 58.8 Å². The molecule has 0 bridgehead atoms. The molecule has 0 aromatic heterocycles. The Morgan fingerprint density at radius 3 is 2.35 bits per heavy atom. The van der Waals surface area contributed by atoms with Crippen molar-refractivity contribution < 1.29 is 13.3 Å². The first-order valence-electron chi connectivity index (χ1n) is 6.59. The molecule has 1 atom stereocenters. The Kier molecular flexibility index (Phi) is 5.80. The van der Waals surface area contributed by atoms with Gasteiger partial charge in [0.25, 0.3) is 0 Å². The minimum atomic E-state index is -2.05. The van der Waals surface area contributed by atoms with Gasteiger partial charge in [0.1, 0.15) is 13.6 Å². The molecule has 0 saturated carbocycles. The average molecular weight is 259 g/mol. The molecule has 0 radical (unpaired) electrons. The monoisotopic (exact) mass is 259 g/mol. The first kappa shape index (κ1) is 14.8. The van der Waals surface area contributed by atoms with Gasteiger partial charge in [-0.2, -0.15) is 0 Å². The molecule has 0 saturated heterocycles. The molecule has 4 heteroatoms. The van der Waals surface area contributed by atoms with Crippen molar-refractivity contribution in [3.05, 3.63) is 0 Å². The summed E-state index contributed by atoms with van der Waals surface area (Å²) in [4.78, 5) is 0. The summed E-state index contributed by atoms with van der Waals surface area (Å²) in [5, 5.41) is 0.588. The van der Waals surface area contributed by atoms with E-state index in [1.54, 1.807) is 0 Å². The van der Waals surface area contributed by atoms with E-state index in [9.17, 15) is 8.76 Å². The van der Waals surface area contributed by atoms with E-state index in [1.165, 1.54) is 19.3 Å². The lowest BCUT2D eigenvalue weighted by molar-refractivity contribution is -0.496. The van der Waals surface area contributed by atoms with Crippen LogP contribution in [-0.4, -0.2) is 32.0 Å². The third kappa shape index (κ3) is 5.30. The first-order valence-corrected chi connectivity index (χ1v) is 7.66. The second-order valence-electron chi connectivity index (χ2n) is 5.88. The Labute approximate surface area is 108 Å². The van der Waals surface area contributed by atoms with Crippen molar-refractivity contribution in [2.24, 2.45) is 5.41 Å². The number of hydrogen-bond donors (Lipinski definition) is 0. The summed E-state index contributed by atoms with van der Waals surface area (Å²) < 4.78 is 24.2. The number of hydrogen-bond acceptors (Lipinski definition) is 2. The first-order chi connectivity index (χ1) is 7.92. The third-order valence-corrected chi connectivity index (χ3v) is 4.61. The van der Waals surface area contributed by atoms with Gasteiger partial charge < -0.3 is 4.55 Å². The van der Waals surface area contributed by atoms with Crippen molar-refractivity contribution in [3.8, 4) is 0 Å². The second-order valence-corrected chi connectivity index (χ2v) is 6.82. The van der Waals surface area contributed by atoms with Crippen molar-refractivity contribution in [1.82, 2.24) is 0 Å². The van der Waals surface area contributed by atoms with Crippen molar-refractivity contribution >= 4 is 16.1 Å². The van der Waals surface area contributed by atoms with Crippen LogP contribution in [0.5, 0.6) is 0 Å². The van der Waals surface area contributed by atoms with Crippen molar-refractivity contribution in [1.29, 1.82) is 0 Å². The Bertz CT molecular complexity index is 311. The van der Waals surface area contributed by atoms with E-state index < -0.39 is 11.1 Å². The molecule has 0 fully saturated rings. The van der Waals surface area contributed by atoms with Gasteiger partial charge in [-0.1, -0.05) is 20.3 Å². The maximum absolute atomic E-state index is 11.2. The Hall–Kier alpha value is -0.220. The van der Waals surface area contributed by atoms with Crippen LogP contribution in [0.25, 0.3) is 0 Å². The molecule has 1 aliphatic rings. The van der Waals surface area contributed by atoms with Crippen molar-refractivity contribution in [3.63, 3.8) is 0 Å². The highest BCUT2D eigenvalue weighted by molar-refractivity contribution is 7.95. The molecule has 100 valence electrons.